The Morgan fingerprint density at radius 1 is 0.326 bits per heavy atom. The number of fused-ring (bicyclic) bond motifs is 25. The summed E-state index contributed by atoms with van der Waals surface area (Å²) in [4.78, 5) is 2.51. The average molecular weight is 1850 g/mol. The van der Waals surface area contributed by atoms with Crippen LogP contribution in [0, 0.1) is 11.8 Å². The lowest BCUT2D eigenvalue weighted by molar-refractivity contribution is 0.398. The maximum Gasteiger partial charge on any atom is 0.144 e. The van der Waals surface area contributed by atoms with E-state index in [9.17, 15) is 0 Å². The lowest BCUT2D eigenvalue weighted by atomic mass is 9.70. The third kappa shape index (κ3) is 15.4. The molecule has 13 aromatic carbocycles. The Balaban J connectivity index is 0.562. The largest absolute Gasteiger partial charge is 0.460 e. The number of hydrogen-bond donors (Lipinski definition) is 0. The first-order chi connectivity index (χ1) is 68.8. The van der Waals surface area contributed by atoms with Crippen molar-refractivity contribution >= 4 is 50.1 Å². The van der Waals surface area contributed by atoms with Crippen LogP contribution in [0.25, 0.3) is 122 Å². The monoisotopic (exact) mass is 1850 g/mol. The number of ether oxygens (including phenoxy) is 1. The molecule has 0 fully saturated rings. The molecule has 3 nitrogen and oxygen atoms in total. The summed E-state index contributed by atoms with van der Waals surface area (Å²) in [5.41, 5.74) is 48.5. The summed E-state index contributed by atoms with van der Waals surface area (Å²) in [5.74, 6) is 9.77. The fourth-order valence-corrected chi connectivity index (χ4v) is 28.1. The molecule has 141 heavy (non-hydrogen) atoms. The first kappa shape index (κ1) is 92.5. The van der Waals surface area contributed by atoms with Crippen LogP contribution in [0.4, 0.5) is 17.1 Å². The first-order valence-corrected chi connectivity index (χ1v) is 55.0. The van der Waals surface area contributed by atoms with Crippen LogP contribution in [0.5, 0.6) is 5.75 Å². The van der Waals surface area contributed by atoms with Gasteiger partial charge in [0.2, 0.25) is 0 Å². The zero-order valence-corrected chi connectivity index (χ0v) is 86.2. The van der Waals surface area contributed by atoms with Gasteiger partial charge in [-0.05, 0) is 290 Å². The summed E-state index contributed by atoms with van der Waals surface area (Å²) in [6.07, 6.45) is 48.1. The number of unbranched alkanes of at least 4 members (excludes halogenated alkanes) is 20. The number of nitrogens with zero attached hydrogens (tertiary/aromatic N) is 1. The van der Waals surface area contributed by atoms with Gasteiger partial charge in [-0.1, -0.05) is 425 Å². The van der Waals surface area contributed by atoms with E-state index < -0.39 is 10.8 Å². The summed E-state index contributed by atoms with van der Waals surface area (Å²) >= 11 is 0. The van der Waals surface area contributed by atoms with E-state index in [-0.39, 0.29) is 27.6 Å². The second-order valence-corrected chi connectivity index (χ2v) is 45.7. The first-order valence-electron chi connectivity index (χ1n) is 55.0. The van der Waals surface area contributed by atoms with Gasteiger partial charge < -0.3 is 14.1 Å². The maximum absolute atomic E-state index is 7.46. The van der Waals surface area contributed by atoms with Crippen molar-refractivity contribution in [2.45, 2.75) is 321 Å². The fourth-order valence-electron chi connectivity index (χ4n) is 28.1. The molecule has 0 spiro atoms. The molecule has 1 aliphatic heterocycles. The molecule has 0 bridgehead atoms. The topological polar surface area (TPSA) is 25.6 Å². The third-order valence-corrected chi connectivity index (χ3v) is 35.8. The minimum atomic E-state index is -0.417. The van der Waals surface area contributed by atoms with Gasteiger partial charge in [-0.15, -0.1) is 0 Å². The molecule has 14 aromatic rings. The van der Waals surface area contributed by atoms with Crippen LogP contribution in [0.1, 0.15) is 366 Å². The molecule has 712 valence electrons. The van der Waals surface area contributed by atoms with Crippen molar-refractivity contribution in [1.29, 1.82) is 0 Å². The lowest BCUT2D eigenvalue weighted by Crippen LogP contribution is -2.25. The predicted molar refractivity (Wildman–Crippen MR) is 598 cm³/mol. The van der Waals surface area contributed by atoms with Crippen LogP contribution in [0.2, 0.25) is 0 Å². The molecule has 1 aromatic heterocycles. The van der Waals surface area contributed by atoms with Gasteiger partial charge in [0.25, 0.3) is 0 Å². The third-order valence-electron chi connectivity index (χ3n) is 35.8. The van der Waals surface area contributed by atoms with E-state index in [4.69, 9.17) is 9.15 Å². The highest BCUT2D eigenvalue weighted by molar-refractivity contribution is 6.18. The Kier molecular flexibility index (Phi) is 24.4. The highest BCUT2D eigenvalue weighted by Crippen LogP contribution is 2.66. The SMILES string of the molecule is CCCCCCCCC1(CCCCCCCC)c2ccccc2-c2ccc(-c3ccc4c(c3)C(C)(C)C3=C4CC#CCC(c4cc5c(c6c4C4CC=CC=C4O6)-c4ccc(N(c6ccccc6)c6ccc7c(c6)C(C)(C)c6cc(-c8ccc9c(c8)C(C)(C)c8cc(-c%10ccc%11c(c%10)C(CCCCCCCC)(CCCCCCCC)c%10ccccc%10-%11)ccc8-9)c8c(oc9ccccc98)c6-7)cc4C5(C)C)=C3)cc21. The normalized spacial score (nSPS) is 17.0. The summed E-state index contributed by atoms with van der Waals surface area (Å²) in [7, 11) is 0. The Morgan fingerprint density at radius 3 is 1.28 bits per heavy atom. The van der Waals surface area contributed by atoms with Gasteiger partial charge in [-0.2, -0.15) is 0 Å². The van der Waals surface area contributed by atoms with Crippen molar-refractivity contribution in [3.63, 3.8) is 0 Å². The molecule has 0 amide bonds. The molecule has 0 saturated carbocycles. The highest BCUT2D eigenvalue weighted by Gasteiger charge is 2.50. The molecule has 2 heterocycles. The van der Waals surface area contributed by atoms with Crippen LogP contribution >= 0.6 is 0 Å². The van der Waals surface area contributed by atoms with Crippen LogP contribution < -0.4 is 9.64 Å². The summed E-state index contributed by atoms with van der Waals surface area (Å²) in [6, 6.07) is 96.2. The lowest BCUT2D eigenvalue weighted by Gasteiger charge is -2.33. The number of benzene rings is 13. The zero-order valence-electron chi connectivity index (χ0n) is 86.2. The second kappa shape index (κ2) is 37.3. The van der Waals surface area contributed by atoms with Crippen molar-refractivity contribution in [3.8, 4) is 107 Å². The van der Waals surface area contributed by atoms with Crippen LogP contribution in [0.3, 0.4) is 0 Å². The van der Waals surface area contributed by atoms with E-state index in [0.29, 0.717) is 6.42 Å². The van der Waals surface area contributed by atoms with Crippen LogP contribution in [-0.4, -0.2) is 0 Å². The Morgan fingerprint density at radius 2 is 0.738 bits per heavy atom. The van der Waals surface area contributed by atoms with Crippen LogP contribution in [0.15, 0.2) is 283 Å². The average Bonchev–Trinajstić information content (AvgIpc) is 1.53. The van der Waals surface area contributed by atoms with E-state index in [1.807, 2.05) is 0 Å². The van der Waals surface area contributed by atoms with Crippen molar-refractivity contribution in [2.75, 3.05) is 4.90 Å². The number of para-hydroxylation sites is 2. The maximum atomic E-state index is 7.46. The summed E-state index contributed by atoms with van der Waals surface area (Å²) < 4.78 is 14.8. The minimum absolute atomic E-state index is 0.0148. The Bertz CT molecular complexity index is 7470. The molecule has 0 saturated heterocycles. The molecule has 0 radical (unpaired) electrons. The van der Waals surface area contributed by atoms with E-state index in [2.05, 4.69) is 367 Å². The molecule has 1 atom stereocenters. The van der Waals surface area contributed by atoms with E-state index in [1.165, 1.54) is 347 Å². The number of hydrogen-bond acceptors (Lipinski definition) is 3. The van der Waals surface area contributed by atoms with Gasteiger partial charge in [-0.25, -0.2) is 0 Å². The highest BCUT2D eigenvalue weighted by atomic mass is 16.5. The number of furan rings is 1. The summed E-state index contributed by atoms with van der Waals surface area (Å²) in [6.45, 7) is 29.1. The van der Waals surface area contributed by atoms with Gasteiger partial charge in [0.1, 0.15) is 22.7 Å². The number of anilines is 3. The van der Waals surface area contributed by atoms with Gasteiger partial charge in [0, 0.05) is 95.8 Å². The molecule has 1 unspecified atom stereocenters. The van der Waals surface area contributed by atoms with Crippen molar-refractivity contribution < 1.29 is 9.15 Å². The smallest absolute Gasteiger partial charge is 0.144 e. The van der Waals surface area contributed by atoms with Crippen molar-refractivity contribution in [3.05, 3.63) is 356 Å². The minimum Gasteiger partial charge on any atom is -0.460 e. The number of allylic oxidation sites excluding steroid dienone is 8. The molecule has 23 rings (SSSR count). The Labute approximate surface area is 841 Å². The van der Waals surface area contributed by atoms with E-state index in [0.717, 1.165) is 58.0 Å². The molecule has 0 N–H and O–H groups in total. The molecule has 3 heteroatoms. The number of rotatable bonds is 35. The molecular weight excluding hydrogens is 1700 g/mol. The molecule has 8 aliphatic carbocycles. The van der Waals surface area contributed by atoms with Crippen molar-refractivity contribution in [1.82, 2.24) is 0 Å². The van der Waals surface area contributed by atoms with Crippen LogP contribution in [-0.2, 0) is 32.5 Å². The zero-order chi connectivity index (χ0) is 96.3. The van der Waals surface area contributed by atoms with E-state index in [1.54, 1.807) is 22.3 Å². The van der Waals surface area contributed by atoms with Gasteiger partial charge in [-0.3, -0.25) is 0 Å². The van der Waals surface area contributed by atoms with Gasteiger partial charge in [0.15, 0.2) is 0 Å². The predicted octanol–water partition coefficient (Wildman–Crippen LogP) is 39.8. The van der Waals surface area contributed by atoms with Gasteiger partial charge in [0.05, 0.1) is 0 Å². The van der Waals surface area contributed by atoms with Crippen molar-refractivity contribution in [2.24, 2.45) is 0 Å². The summed E-state index contributed by atoms with van der Waals surface area (Å²) in [5, 5.41) is 2.32. The Hall–Kier alpha value is -12.2. The quantitative estimate of drug-likeness (QED) is 0.0292. The standard InChI is InChI=1S/C138H143NO2/c1-13-17-21-25-29-46-76-137(77-47-30-26-22-18-14-2)113-58-42-38-53-99(113)105-71-64-92(82-121(105)137)90-62-69-102-101-55-37-36-50-94(84-117(101)133(5,6)115(102)80-90)111-88-123-129(131-127(111)109-56-40-44-60-125(109)140-131)107-74-67-97(86-119(107)135(123,9)10)139(96-51-34-33-35-52-96)98-68-75-108-120(87-98)136(11,12)124-89-112(128-110-57-41-45-61-126(110)141-132(128)130(108)124)95-66-73-104-103-70-63-91(81-116(103)134(7,8)118(104)85-95)93-65-72-106-100-54-39-43-59-114(100)138(122(106)83-93,78-48-31-27-23-19-15-3)79-49-32-28-24-20-16-4/h33-35,38-45,51-54,57-75,80-89,109H,13-32,46-50,55-56,76-79H2,1-12H3. The molecular formula is C138H143NO2. The van der Waals surface area contributed by atoms with Gasteiger partial charge >= 0.3 is 0 Å². The fraction of sp³-hybridized carbons (Fsp3) is 0.362. The molecule has 9 aliphatic rings. The second-order valence-electron chi connectivity index (χ2n) is 45.7. The van der Waals surface area contributed by atoms with E-state index >= 15 is 0 Å².